The van der Waals surface area contributed by atoms with Crippen LogP contribution in [-0.4, -0.2) is 34.0 Å². The van der Waals surface area contributed by atoms with Crippen LogP contribution in [-0.2, 0) is 0 Å². The minimum Gasteiger partial charge on any atom is -0.493 e. The Bertz CT molecular complexity index is 1050. The molecule has 2 aromatic heterocycles. The predicted molar refractivity (Wildman–Crippen MR) is 108 cm³/mol. The van der Waals surface area contributed by atoms with Crippen molar-refractivity contribution in [2.45, 2.75) is 0 Å². The van der Waals surface area contributed by atoms with Crippen molar-refractivity contribution < 1.29 is 5.11 Å². The second kappa shape index (κ2) is 6.96. The van der Waals surface area contributed by atoms with Crippen LogP contribution in [0, 0.1) is 0 Å². The summed E-state index contributed by atoms with van der Waals surface area (Å²) in [4.78, 5) is 6.32. The zero-order chi connectivity index (χ0) is 18.8. The quantitative estimate of drug-likeness (QED) is 0.590. The maximum absolute atomic E-state index is 10.2. The van der Waals surface area contributed by atoms with Crippen molar-refractivity contribution in [3.8, 4) is 34.1 Å². The summed E-state index contributed by atoms with van der Waals surface area (Å²) in [5.74, 6) is 0.643. The SMILES string of the molecule is CN(C)c1cccc(-c2ccc(-c3cc(O)n(-c4ccccn4)n3)cc2)c1. The van der Waals surface area contributed by atoms with Gasteiger partial charge in [0, 0.05) is 37.6 Å². The number of hydrogen-bond acceptors (Lipinski definition) is 4. The normalized spacial score (nSPS) is 10.7. The summed E-state index contributed by atoms with van der Waals surface area (Å²) in [6.45, 7) is 0. The van der Waals surface area contributed by atoms with Gasteiger partial charge in [-0.2, -0.15) is 9.78 Å². The van der Waals surface area contributed by atoms with Crippen LogP contribution in [0.25, 0.3) is 28.2 Å². The van der Waals surface area contributed by atoms with Crippen LogP contribution in [0.2, 0.25) is 0 Å². The van der Waals surface area contributed by atoms with Crippen LogP contribution in [0.4, 0.5) is 5.69 Å². The Hall–Kier alpha value is -3.60. The molecule has 1 N–H and O–H groups in total. The van der Waals surface area contributed by atoms with Gasteiger partial charge in [0.2, 0.25) is 5.88 Å². The van der Waals surface area contributed by atoms with Crippen molar-refractivity contribution in [3.63, 3.8) is 0 Å². The Kier molecular flexibility index (Phi) is 4.34. The van der Waals surface area contributed by atoms with E-state index in [0.29, 0.717) is 11.5 Å². The van der Waals surface area contributed by atoms with E-state index in [2.05, 4.69) is 51.4 Å². The summed E-state index contributed by atoms with van der Waals surface area (Å²) in [5, 5.41) is 14.7. The molecule has 4 aromatic rings. The van der Waals surface area contributed by atoms with Crippen molar-refractivity contribution in [3.05, 3.63) is 79.0 Å². The van der Waals surface area contributed by atoms with Crippen molar-refractivity contribution in [2.75, 3.05) is 19.0 Å². The first-order valence-electron chi connectivity index (χ1n) is 8.70. The molecule has 27 heavy (non-hydrogen) atoms. The molecule has 5 nitrogen and oxygen atoms in total. The second-order valence-corrected chi connectivity index (χ2v) is 6.51. The number of nitrogens with zero attached hydrogens (tertiary/aromatic N) is 4. The van der Waals surface area contributed by atoms with E-state index >= 15 is 0 Å². The standard InChI is InChI=1S/C22H20N4O/c1-25(2)19-7-5-6-18(14-19)16-9-11-17(12-10-16)20-15-22(27)26(24-20)21-8-3-4-13-23-21/h3-15,27H,1-2H3. The third kappa shape index (κ3) is 3.40. The lowest BCUT2D eigenvalue weighted by atomic mass is 10.0. The van der Waals surface area contributed by atoms with Gasteiger partial charge in [0.15, 0.2) is 5.82 Å². The first-order chi connectivity index (χ1) is 13.1. The molecule has 5 heteroatoms. The molecule has 0 radical (unpaired) electrons. The van der Waals surface area contributed by atoms with Gasteiger partial charge in [-0.1, -0.05) is 42.5 Å². The fourth-order valence-corrected chi connectivity index (χ4v) is 2.96. The molecule has 0 saturated heterocycles. The van der Waals surface area contributed by atoms with Crippen LogP contribution < -0.4 is 4.90 Å². The molecule has 0 fully saturated rings. The molecule has 2 aromatic carbocycles. The number of aromatic nitrogens is 3. The van der Waals surface area contributed by atoms with Gasteiger partial charge in [-0.25, -0.2) is 4.98 Å². The lowest BCUT2D eigenvalue weighted by Gasteiger charge is -2.13. The van der Waals surface area contributed by atoms with E-state index in [1.54, 1.807) is 18.3 Å². The molecule has 4 rings (SSSR count). The molecule has 0 aliphatic rings. The highest BCUT2D eigenvalue weighted by molar-refractivity contribution is 5.72. The number of pyridine rings is 1. The Labute approximate surface area is 158 Å². The molecule has 0 aliphatic carbocycles. The summed E-state index contributed by atoms with van der Waals surface area (Å²) < 4.78 is 1.43. The highest BCUT2D eigenvalue weighted by atomic mass is 16.3. The van der Waals surface area contributed by atoms with Gasteiger partial charge >= 0.3 is 0 Å². The first-order valence-corrected chi connectivity index (χ1v) is 8.70. The van der Waals surface area contributed by atoms with Crippen molar-refractivity contribution >= 4 is 5.69 Å². The topological polar surface area (TPSA) is 54.2 Å². The number of anilines is 1. The van der Waals surface area contributed by atoms with Crippen LogP contribution in [0.1, 0.15) is 0 Å². The molecule has 0 saturated carbocycles. The largest absolute Gasteiger partial charge is 0.493 e. The van der Waals surface area contributed by atoms with Crippen LogP contribution in [0.15, 0.2) is 79.0 Å². The maximum Gasteiger partial charge on any atom is 0.216 e. The van der Waals surface area contributed by atoms with E-state index in [1.165, 1.54) is 4.68 Å². The minimum atomic E-state index is 0.0615. The van der Waals surface area contributed by atoms with Gasteiger partial charge in [-0.3, -0.25) is 0 Å². The van der Waals surface area contributed by atoms with E-state index in [9.17, 15) is 5.11 Å². The number of hydrogen-bond donors (Lipinski definition) is 1. The third-order valence-corrected chi connectivity index (χ3v) is 4.43. The van der Waals surface area contributed by atoms with E-state index in [0.717, 1.165) is 22.4 Å². The molecule has 0 amide bonds. The molecular weight excluding hydrogens is 336 g/mol. The fraction of sp³-hybridized carbons (Fsp3) is 0.0909. The Balaban J connectivity index is 1.64. The maximum atomic E-state index is 10.2. The van der Waals surface area contributed by atoms with Crippen molar-refractivity contribution in [1.82, 2.24) is 14.8 Å². The molecule has 2 heterocycles. The summed E-state index contributed by atoms with van der Waals surface area (Å²) in [5.41, 5.74) is 5.10. The van der Waals surface area contributed by atoms with Crippen LogP contribution in [0.3, 0.4) is 0 Å². The zero-order valence-corrected chi connectivity index (χ0v) is 15.2. The molecule has 0 unspecified atom stereocenters. The summed E-state index contributed by atoms with van der Waals surface area (Å²) in [6.07, 6.45) is 1.67. The Morgan fingerprint density at radius 3 is 2.30 bits per heavy atom. The Morgan fingerprint density at radius 2 is 1.59 bits per heavy atom. The zero-order valence-electron chi connectivity index (χ0n) is 15.2. The van der Waals surface area contributed by atoms with E-state index in [4.69, 9.17) is 0 Å². The Morgan fingerprint density at radius 1 is 0.815 bits per heavy atom. The lowest BCUT2D eigenvalue weighted by molar-refractivity contribution is 0.432. The third-order valence-electron chi connectivity index (χ3n) is 4.43. The predicted octanol–water partition coefficient (Wildman–Crippen LogP) is 4.37. The van der Waals surface area contributed by atoms with Crippen molar-refractivity contribution in [2.24, 2.45) is 0 Å². The average Bonchev–Trinajstić information content (AvgIpc) is 3.10. The van der Waals surface area contributed by atoms with E-state index < -0.39 is 0 Å². The second-order valence-electron chi connectivity index (χ2n) is 6.51. The van der Waals surface area contributed by atoms with Gasteiger partial charge in [-0.05, 0) is 35.4 Å². The van der Waals surface area contributed by atoms with Gasteiger partial charge in [-0.15, -0.1) is 0 Å². The molecular formula is C22H20N4O. The smallest absolute Gasteiger partial charge is 0.216 e. The monoisotopic (exact) mass is 356 g/mol. The van der Waals surface area contributed by atoms with Gasteiger partial charge in [0.25, 0.3) is 0 Å². The van der Waals surface area contributed by atoms with E-state index in [-0.39, 0.29) is 5.88 Å². The summed E-state index contributed by atoms with van der Waals surface area (Å²) in [7, 11) is 4.07. The summed E-state index contributed by atoms with van der Waals surface area (Å²) >= 11 is 0. The van der Waals surface area contributed by atoms with Crippen LogP contribution in [0.5, 0.6) is 5.88 Å². The van der Waals surface area contributed by atoms with Gasteiger partial charge in [0.1, 0.15) is 0 Å². The molecule has 134 valence electrons. The molecule has 0 bridgehead atoms. The summed E-state index contributed by atoms with van der Waals surface area (Å²) in [6, 6.07) is 23.7. The highest BCUT2D eigenvalue weighted by Crippen LogP contribution is 2.28. The first kappa shape index (κ1) is 16.8. The van der Waals surface area contributed by atoms with E-state index in [1.807, 2.05) is 38.4 Å². The van der Waals surface area contributed by atoms with Gasteiger partial charge < -0.3 is 10.0 Å². The van der Waals surface area contributed by atoms with Crippen molar-refractivity contribution in [1.29, 1.82) is 0 Å². The number of rotatable bonds is 4. The lowest BCUT2D eigenvalue weighted by Crippen LogP contribution is -2.08. The highest BCUT2D eigenvalue weighted by Gasteiger charge is 2.11. The minimum absolute atomic E-state index is 0.0615. The average molecular weight is 356 g/mol. The van der Waals surface area contributed by atoms with Gasteiger partial charge in [0.05, 0.1) is 5.69 Å². The number of benzene rings is 2. The number of aromatic hydroxyl groups is 1. The molecule has 0 spiro atoms. The van der Waals surface area contributed by atoms with Crippen LogP contribution >= 0.6 is 0 Å². The fourth-order valence-electron chi connectivity index (χ4n) is 2.96. The molecule has 0 aliphatic heterocycles. The molecule has 0 atom stereocenters.